The number of halogens is 2. The van der Waals surface area contributed by atoms with Gasteiger partial charge in [0.15, 0.2) is 0 Å². The van der Waals surface area contributed by atoms with Crippen molar-refractivity contribution in [3.8, 4) is 11.6 Å². The molecule has 1 aromatic carbocycles. The maximum atomic E-state index is 12.6. The number of hydrogen-bond acceptors (Lipinski definition) is 2. The van der Waals surface area contributed by atoms with Crippen LogP contribution in [0.1, 0.15) is 0 Å². The summed E-state index contributed by atoms with van der Waals surface area (Å²) in [5.74, 6) is 0.712. The number of hydrogen-bond donors (Lipinski definition) is 0. The Morgan fingerprint density at radius 2 is 2.07 bits per heavy atom. The highest BCUT2D eigenvalue weighted by Gasteiger charge is 1.99. The first-order chi connectivity index (χ1) is 7.24. The summed E-state index contributed by atoms with van der Waals surface area (Å²) in [6.07, 6.45) is 1.13. The molecule has 0 bridgehead atoms. The molecule has 0 saturated carbocycles. The molecule has 0 aliphatic rings. The molecule has 0 N–H and O–H groups in total. The monoisotopic (exact) mass is 315 g/mol. The lowest BCUT2D eigenvalue weighted by Crippen LogP contribution is -1.88. The Balaban J connectivity index is 2.18. The van der Waals surface area contributed by atoms with E-state index in [1.165, 1.54) is 12.1 Å². The molecule has 1 heterocycles. The van der Waals surface area contributed by atoms with Gasteiger partial charge in [0.2, 0.25) is 5.88 Å². The van der Waals surface area contributed by atoms with Crippen LogP contribution in [0.5, 0.6) is 11.6 Å². The molecule has 0 fully saturated rings. The van der Waals surface area contributed by atoms with Crippen LogP contribution in [0, 0.1) is 9.39 Å². The van der Waals surface area contributed by atoms with E-state index in [4.69, 9.17) is 4.74 Å². The highest BCUT2D eigenvalue weighted by Crippen LogP contribution is 2.20. The quantitative estimate of drug-likeness (QED) is 0.790. The van der Waals surface area contributed by atoms with Gasteiger partial charge in [-0.3, -0.25) is 0 Å². The van der Waals surface area contributed by atoms with E-state index in [1.54, 1.807) is 0 Å². The van der Waals surface area contributed by atoms with Crippen LogP contribution < -0.4 is 4.74 Å². The summed E-state index contributed by atoms with van der Waals surface area (Å²) in [4.78, 5) is 3.80. The third-order valence-electron chi connectivity index (χ3n) is 1.72. The van der Waals surface area contributed by atoms with Gasteiger partial charge in [-0.25, -0.2) is 9.37 Å². The average molecular weight is 315 g/mol. The molecule has 2 aromatic rings. The van der Waals surface area contributed by atoms with Crippen LogP contribution in [0.15, 0.2) is 42.6 Å². The molecule has 4 heteroatoms. The van der Waals surface area contributed by atoms with Gasteiger partial charge >= 0.3 is 0 Å². The van der Waals surface area contributed by atoms with Gasteiger partial charge in [0.25, 0.3) is 0 Å². The topological polar surface area (TPSA) is 22.1 Å². The van der Waals surface area contributed by atoms with E-state index in [0.29, 0.717) is 11.6 Å². The molecule has 0 amide bonds. The van der Waals surface area contributed by atoms with Gasteiger partial charge in [-0.1, -0.05) is 6.07 Å². The molecule has 2 rings (SSSR count). The lowest BCUT2D eigenvalue weighted by molar-refractivity contribution is 0.459. The summed E-state index contributed by atoms with van der Waals surface area (Å²) in [6.45, 7) is 0. The van der Waals surface area contributed by atoms with Gasteiger partial charge in [0.05, 0.1) is 6.20 Å². The molecule has 0 aliphatic carbocycles. The molecule has 0 spiro atoms. The van der Waals surface area contributed by atoms with Crippen molar-refractivity contribution in [2.24, 2.45) is 0 Å². The van der Waals surface area contributed by atoms with Crippen LogP contribution in [0.4, 0.5) is 4.39 Å². The van der Waals surface area contributed by atoms with Gasteiger partial charge in [0.1, 0.15) is 11.6 Å². The Hall–Kier alpha value is -1.17. The molecular weight excluding hydrogens is 308 g/mol. The second-order valence-corrected chi connectivity index (χ2v) is 4.12. The first-order valence-corrected chi connectivity index (χ1v) is 5.37. The number of ether oxygens (including phenoxy) is 1. The van der Waals surface area contributed by atoms with E-state index in [9.17, 15) is 4.39 Å². The molecule has 0 saturated heterocycles. The van der Waals surface area contributed by atoms with Crippen LogP contribution in [0.3, 0.4) is 0 Å². The number of nitrogens with zero attached hydrogens (tertiary/aromatic N) is 1. The van der Waals surface area contributed by atoms with Gasteiger partial charge in [-0.2, -0.15) is 0 Å². The SMILES string of the molecule is Fc1ccc(Oc2cccc(I)c2)nc1. The highest BCUT2D eigenvalue weighted by atomic mass is 127. The third kappa shape index (κ3) is 2.89. The fourth-order valence-corrected chi connectivity index (χ4v) is 1.59. The highest BCUT2D eigenvalue weighted by molar-refractivity contribution is 14.1. The molecule has 0 aliphatic heterocycles. The minimum absolute atomic E-state index is 0.370. The third-order valence-corrected chi connectivity index (χ3v) is 2.39. The molecule has 0 atom stereocenters. The molecule has 2 nitrogen and oxygen atoms in total. The predicted octanol–water partition coefficient (Wildman–Crippen LogP) is 3.62. The summed E-state index contributed by atoms with van der Waals surface area (Å²) < 4.78 is 19.1. The van der Waals surface area contributed by atoms with Gasteiger partial charge in [0, 0.05) is 9.64 Å². The second kappa shape index (κ2) is 4.57. The Kier molecular flexibility index (Phi) is 3.15. The van der Waals surface area contributed by atoms with Gasteiger partial charge in [-0.05, 0) is 46.9 Å². The van der Waals surface area contributed by atoms with Crippen molar-refractivity contribution in [2.45, 2.75) is 0 Å². The summed E-state index contributed by atoms with van der Waals surface area (Å²) in [7, 11) is 0. The first kappa shape index (κ1) is 10.4. The minimum atomic E-state index is -0.370. The normalized spacial score (nSPS) is 10.0. The summed E-state index contributed by atoms with van der Waals surface area (Å²) in [6, 6.07) is 10.4. The lowest BCUT2D eigenvalue weighted by Gasteiger charge is -2.04. The summed E-state index contributed by atoms with van der Waals surface area (Å²) >= 11 is 2.19. The van der Waals surface area contributed by atoms with Crippen LogP contribution >= 0.6 is 22.6 Å². The first-order valence-electron chi connectivity index (χ1n) is 4.29. The van der Waals surface area contributed by atoms with Crippen molar-refractivity contribution in [1.29, 1.82) is 0 Å². The smallest absolute Gasteiger partial charge is 0.219 e. The molecule has 0 unspecified atom stereocenters. The lowest BCUT2D eigenvalue weighted by atomic mass is 10.3. The van der Waals surface area contributed by atoms with Crippen molar-refractivity contribution < 1.29 is 9.13 Å². The van der Waals surface area contributed by atoms with Crippen molar-refractivity contribution in [3.05, 3.63) is 52.0 Å². The van der Waals surface area contributed by atoms with Crippen molar-refractivity contribution in [2.75, 3.05) is 0 Å². The van der Waals surface area contributed by atoms with E-state index in [0.717, 1.165) is 9.77 Å². The van der Waals surface area contributed by atoms with Crippen molar-refractivity contribution in [3.63, 3.8) is 0 Å². The number of rotatable bonds is 2. The van der Waals surface area contributed by atoms with Crippen LogP contribution in [-0.2, 0) is 0 Å². The Morgan fingerprint density at radius 1 is 1.20 bits per heavy atom. The zero-order valence-electron chi connectivity index (χ0n) is 7.65. The molecular formula is C11H7FINO. The largest absolute Gasteiger partial charge is 0.439 e. The zero-order chi connectivity index (χ0) is 10.7. The Labute approximate surface area is 100 Å². The Morgan fingerprint density at radius 3 is 2.73 bits per heavy atom. The summed E-state index contributed by atoms with van der Waals surface area (Å²) in [5.41, 5.74) is 0. The predicted molar refractivity (Wildman–Crippen MR) is 63.4 cm³/mol. The van der Waals surface area contributed by atoms with Crippen LogP contribution in [-0.4, -0.2) is 4.98 Å². The van der Waals surface area contributed by atoms with E-state index in [1.807, 2.05) is 24.3 Å². The maximum Gasteiger partial charge on any atom is 0.219 e. The van der Waals surface area contributed by atoms with Gasteiger partial charge < -0.3 is 4.74 Å². The second-order valence-electron chi connectivity index (χ2n) is 2.87. The van der Waals surface area contributed by atoms with Gasteiger partial charge in [-0.15, -0.1) is 0 Å². The van der Waals surface area contributed by atoms with Crippen LogP contribution in [0.2, 0.25) is 0 Å². The Bertz CT molecular complexity index is 458. The number of pyridine rings is 1. The molecule has 15 heavy (non-hydrogen) atoms. The van der Waals surface area contributed by atoms with Crippen LogP contribution in [0.25, 0.3) is 0 Å². The fourth-order valence-electron chi connectivity index (χ4n) is 1.07. The minimum Gasteiger partial charge on any atom is -0.439 e. The summed E-state index contributed by atoms with van der Waals surface area (Å²) in [5, 5.41) is 0. The fraction of sp³-hybridized carbons (Fsp3) is 0. The molecule has 0 radical (unpaired) electrons. The van der Waals surface area contributed by atoms with E-state index in [-0.39, 0.29) is 5.82 Å². The van der Waals surface area contributed by atoms with E-state index >= 15 is 0 Å². The number of benzene rings is 1. The standard InChI is InChI=1S/C11H7FINO/c12-8-4-5-11(14-7-8)15-10-3-1-2-9(13)6-10/h1-7H. The molecule has 1 aromatic heterocycles. The van der Waals surface area contributed by atoms with E-state index in [2.05, 4.69) is 27.6 Å². The maximum absolute atomic E-state index is 12.6. The van der Waals surface area contributed by atoms with E-state index < -0.39 is 0 Å². The number of aromatic nitrogens is 1. The average Bonchev–Trinajstić information content (AvgIpc) is 2.22. The van der Waals surface area contributed by atoms with Crippen molar-refractivity contribution in [1.82, 2.24) is 4.98 Å². The van der Waals surface area contributed by atoms with Crippen molar-refractivity contribution >= 4 is 22.6 Å². The molecule has 76 valence electrons. The zero-order valence-corrected chi connectivity index (χ0v) is 9.81.